The number of nitrogen functional groups attached to an aromatic ring is 1. The van der Waals surface area contributed by atoms with Crippen LogP contribution in [0.1, 0.15) is 17.9 Å². The number of benzene rings is 1. The number of anilines is 1. The first-order chi connectivity index (χ1) is 9.58. The van der Waals surface area contributed by atoms with Gasteiger partial charge in [-0.25, -0.2) is 4.98 Å². The Morgan fingerprint density at radius 2 is 2.05 bits per heavy atom. The molecule has 20 heavy (non-hydrogen) atoms. The van der Waals surface area contributed by atoms with Crippen molar-refractivity contribution in [2.24, 2.45) is 0 Å². The maximum Gasteiger partial charge on any atom is 0.253 e. The molecule has 0 radical (unpaired) electrons. The van der Waals surface area contributed by atoms with Crippen molar-refractivity contribution in [1.82, 2.24) is 9.55 Å². The molecule has 0 saturated heterocycles. The predicted molar refractivity (Wildman–Crippen MR) is 78.9 cm³/mol. The van der Waals surface area contributed by atoms with Crippen molar-refractivity contribution in [1.29, 1.82) is 0 Å². The zero-order chi connectivity index (χ0) is 14.5. The van der Waals surface area contributed by atoms with Crippen LogP contribution < -0.4 is 16.0 Å². The number of rotatable bonds is 5. The third-order valence-electron chi connectivity index (χ3n) is 3.03. The van der Waals surface area contributed by atoms with Gasteiger partial charge >= 0.3 is 0 Å². The lowest BCUT2D eigenvalue weighted by molar-refractivity contribution is 0.301. The van der Waals surface area contributed by atoms with Crippen LogP contribution in [0.15, 0.2) is 35.1 Å². The lowest BCUT2D eigenvalue weighted by Gasteiger charge is -2.11. The first-order valence-corrected chi connectivity index (χ1v) is 6.60. The number of nitrogens with two attached hydrogens (primary N) is 1. The van der Waals surface area contributed by atoms with Gasteiger partial charge in [0.2, 0.25) is 0 Å². The molecule has 0 aliphatic heterocycles. The van der Waals surface area contributed by atoms with E-state index >= 15 is 0 Å². The summed E-state index contributed by atoms with van der Waals surface area (Å²) in [6.45, 7) is 4.75. The topological polar surface area (TPSA) is 70.1 Å². The number of nitrogens with zero attached hydrogens (tertiary/aromatic N) is 2. The molecule has 0 aliphatic rings. The Bertz CT molecular complexity index is 650. The van der Waals surface area contributed by atoms with E-state index in [1.807, 2.05) is 32.0 Å². The predicted octanol–water partition coefficient (Wildman–Crippen LogP) is 1.91. The Kier molecular flexibility index (Phi) is 4.40. The van der Waals surface area contributed by atoms with Crippen molar-refractivity contribution < 1.29 is 4.74 Å². The fraction of sp³-hybridized carbons (Fsp3) is 0.333. The van der Waals surface area contributed by atoms with Crippen LogP contribution in [-0.2, 0) is 6.54 Å². The normalized spacial score (nSPS) is 10.5. The van der Waals surface area contributed by atoms with Gasteiger partial charge in [-0.15, -0.1) is 0 Å². The standard InChI is InChI=1S/C15H19N3O2/c1-11-10-15(19)18(12(2)17-11)8-5-9-20-14-7-4-3-6-13(14)16/h3-4,6-7,10H,5,8-9,16H2,1-2H3. The summed E-state index contributed by atoms with van der Waals surface area (Å²) < 4.78 is 7.26. The third-order valence-corrected chi connectivity index (χ3v) is 3.03. The van der Waals surface area contributed by atoms with Crippen molar-refractivity contribution in [3.05, 3.63) is 52.2 Å². The number of hydrogen-bond donors (Lipinski definition) is 1. The molecule has 0 saturated carbocycles. The maximum absolute atomic E-state index is 11.8. The minimum Gasteiger partial charge on any atom is -0.491 e. The number of ether oxygens (including phenoxy) is 1. The number of aryl methyl sites for hydroxylation is 2. The molecule has 0 aliphatic carbocycles. The van der Waals surface area contributed by atoms with Gasteiger partial charge in [-0.2, -0.15) is 0 Å². The van der Waals surface area contributed by atoms with Crippen LogP contribution in [0, 0.1) is 13.8 Å². The summed E-state index contributed by atoms with van der Waals surface area (Å²) in [5.74, 6) is 1.41. The molecule has 0 spiro atoms. The van der Waals surface area contributed by atoms with Crippen molar-refractivity contribution in [3.63, 3.8) is 0 Å². The molecule has 1 heterocycles. The molecule has 5 nitrogen and oxygen atoms in total. The molecule has 1 aromatic heterocycles. The summed E-state index contributed by atoms with van der Waals surface area (Å²) in [5, 5.41) is 0. The molecule has 106 valence electrons. The van der Waals surface area contributed by atoms with Gasteiger partial charge in [-0.05, 0) is 32.4 Å². The quantitative estimate of drug-likeness (QED) is 0.667. The molecular weight excluding hydrogens is 254 g/mol. The molecule has 1 aromatic carbocycles. The van der Waals surface area contributed by atoms with Crippen LogP contribution in [0.3, 0.4) is 0 Å². The third kappa shape index (κ3) is 3.38. The van der Waals surface area contributed by atoms with Gasteiger partial charge in [-0.1, -0.05) is 12.1 Å². The van der Waals surface area contributed by atoms with Gasteiger partial charge < -0.3 is 10.5 Å². The van der Waals surface area contributed by atoms with Crippen LogP contribution in [0.5, 0.6) is 5.75 Å². The van der Waals surface area contributed by atoms with E-state index in [0.29, 0.717) is 24.6 Å². The highest BCUT2D eigenvalue weighted by atomic mass is 16.5. The van der Waals surface area contributed by atoms with E-state index in [1.54, 1.807) is 16.7 Å². The first-order valence-electron chi connectivity index (χ1n) is 6.60. The minimum atomic E-state index is -0.0192. The largest absolute Gasteiger partial charge is 0.491 e. The second-order valence-corrected chi connectivity index (χ2v) is 4.67. The monoisotopic (exact) mass is 273 g/mol. The summed E-state index contributed by atoms with van der Waals surface area (Å²) in [5.41, 5.74) is 7.14. The fourth-order valence-corrected chi connectivity index (χ4v) is 2.05. The first kappa shape index (κ1) is 14.1. The highest BCUT2D eigenvalue weighted by molar-refractivity contribution is 5.51. The number of hydrogen-bond acceptors (Lipinski definition) is 4. The number of para-hydroxylation sites is 2. The van der Waals surface area contributed by atoms with Gasteiger partial charge in [0.05, 0.1) is 12.3 Å². The van der Waals surface area contributed by atoms with E-state index < -0.39 is 0 Å². The molecule has 2 aromatic rings. The van der Waals surface area contributed by atoms with Gasteiger partial charge in [0, 0.05) is 18.3 Å². The summed E-state index contributed by atoms with van der Waals surface area (Å²) >= 11 is 0. The van der Waals surface area contributed by atoms with E-state index in [0.717, 1.165) is 17.9 Å². The van der Waals surface area contributed by atoms with Crippen molar-refractivity contribution >= 4 is 5.69 Å². The number of aromatic nitrogens is 2. The van der Waals surface area contributed by atoms with Crippen LogP contribution in [-0.4, -0.2) is 16.2 Å². The van der Waals surface area contributed by atoms with Gasteiger partial charge in [0.25, 0.3) is 5.56 Å². The lowest BCUT2D eigenvalue weighted by atomic mass is 10.3. The molecule has 2 rings (SSSR count). The average Bonchev–Trinajstić information content (AvgIpc) is 2.38. The second-order valence-electron chi connectivity index (χ2n) is 4.67. The van der Waals surface area contributed by atoms with E-state index in [9.17, 15) is 4.79 Å². The summed E-state index contributed by atoms with van der Waals surface area (Å²) in [4.78, 5) is 16.1. The Hall–Kier alpha value is -2.30. The average molecular weight is 273 g/mol. The lowest BCUT2D eigenvalue weighted by Crippen LogP contribution is -2.24. The van der Waals surface area contributed by atoms with Crippen LogP contribution in [0.2, 0.25) is 0 Å². The van der Waals surface area contributed by atoms with Crippen molar-refractivity contribution in [2.75, 3.05) is 12.3 Å². The smallest absolute Gasteiger partial charge is 0.253 e. The molecular formula is C15H19N3O2. The zero-order valence-corrected chi connectivity index (χ0v) is 11.8. The Labute approximate surface area is 118 Å². The highest BCUT2D eigenvalue weighted by Crippen LogP contribution is 2.19. The van der Waals surface area contributed by atoms with Crippen LogP contribution >= 0.6 is 0 Å². The molecule has 0 atom stereocenters. The van der Waals surface area contributed by atoms with Gasteiger partial charge in [0.15, 0.2) is 0 Å². The zero-order valence-electron chi connectivity index (χ0n) is 11.8. The van der Waals surface area contributed by atoms with E-state index in [2.05, 4.69) is 4.98 Å². The Morgan fingerprint density at radius 1 is 1.30 bits per heavy atom. The highest BCUT2D eigenvalue weighted by Gasteiger charge is 2.03. The molecule has 0 bridgehead atoms. The SMILES string of the molecule is Cc1cc(=O)n(CCCOc2ccccc2N)c(C)n1. The Balaban J connectivity index is 1.91. The van der Waals surface area contributed by atoms with Crippen molar-refractivity contribution in [2.45, 2.75) is 26.8 Å². The summed E-state index contributed by atoms with van der Waals surface area (Å²) in [6.07, 6.45) is 0.722. The molecule has 0 amide bonds. The van der Waals surface area contributed by atoms with Crippen LogP contribution in [0.25, 0.3) is 0 Å². The van der Waals surface area contributed by atoms with Gasteiger partial charge in [0.1, 0.15) is 11.6 Å². The maximum atomic E-state index is 11.8. The molecule has 0 fully saturated rings. The van der Waals surface area contributed by atoms with Crippen LogP contribution in [0.4, 0.5) is 5.69 Å². The summed E-state index contributed by atoms with van der Waals surface area (Å²) in [7, 11) is 0. The minimum absolute atomic E-state index is 0.0192. The Morgan fingerprint density at radius 3 is 2.75 bits per heavy atom. The van der Waals surface area contributed by atoms with E-state index in [-0.39, 0.29) is 5.56 Å². The van der Waals surface area contributed by atoms with E-state index in [4.69, 9.17) is 10.5 Å². The fourth-order valence-electron chi connectivity index (χ4n) is 2.05. The summed E-state index contributed by atoms with van der Waals surface area (Å²) in [6, 6.07) is 8.92. The molecule has 5 heteroatoms. The molecule has 2 N–H and O–H groups in total. The van der Waals surface area contributed by atoms with Crippen molar-refractivity contribution in [3.8, 4) is 5.75 Å². The van der Waals surface area contributed by atoms with Gasteiger partial charge in [-0.3, -0.25) is 9.36 Å². The second kappa shape index (κ2) is 6.23. The molecule has 0 unspecified atom stereocenters. The van der Waals surface area contributed by atoms with E-state index in [1.165, 1.54) is 0 Å².